The Morgan fingerprint density at radius 3 is 2.40 bits per heavy atom. The average molecular weight is 343 g/mol. The summed E-state index contributed by atoms with van der Waals surface area (Å²) in [6.45, 7) is 10.2. The Labute approximate surface area is 150 Å². The highest BCUT2D eigenvalue weighted by Crippen LogP contribution is 2.65. The monoisotopic (exact) mass is 343 g/mol. The quantitative estimate of drug-likeness (QED) is 0.896. The molecule has 2 amide bonds. The third kappa shape index (κ3) is 2.57. The third-order valence-electron chi connectivity index (χ3n) is 7.49. The lowest BCUT2D eigenvalue weighted by Crippen LogP contribution is -2.56. The van der Waals surface area contributed by atoms with Gasteiger partial charge in [0.15, 0.2) is 0 Å². The molecule has 136 valence electrons. The van der Waals surface area contributed by atoms with Gasteiger partial charge in [0.1, 0.15) is 0 Å². The Kier molecular flexibility index (Phi) is 3.89. The molecule has 0 spiro atoms. The highest BCUT2D eigenvalue weighted by atomic mass is 16.2. The number of anilines is 1. The third-order valence-corrected chi connectivity index (χ3v) is 7.49. The van der Waals surface area contributed by atoms with Gasteiger partial charge in [0.25, 0.3) is 0 Å². The van der Waals surface area contributed by atoms with Gasteiger partial charge in [-0.3, -0.25) is 0 Å². The molecule has 1 aliphatic heterocycles. The first-order chi connectivity index (χ1) is 11.9. The Balaban J connectivity index is 1.35. The van der Waals surface area contributed by atoms with Gasteiger partial charge in [0.05, 0.1) is 0 Å². The van der Waals surface area contributed by atoms with Crippen LogP contribution in [0.25, 0.3) is 0 Å². The second kappa shape index (κ2) is 5.85. The molecule has 3 atom stereocenters. The summed E-state index contributed by atoms with van der Waals surface area (Å²) < 4.78 is 0. The maximum absolute atomic E-state index is 12.8. The van der Waals surface area contributed by atoms with Crippen LogP contribution in [0.3, 0.4) is 0 Å². The molecule has 0 radical (unpaired) electrons. The molecule has 6 heteroatoms. The molecular weight excluding hydrogens is 314 g/mol. The van der Waals surface area contributed by atoms with Crippen LogP contribution in [0.1, 0.15) is 40.0 Å². The number of carbonyl (C=O) groups is 1. The lowest BCUT2D eigenvalue weighted by Gasteiger charge is -2.41. The van der Waals surface area contributed by atoms with E-state index in [-0.39, 0.29) is 11.4 Å². The van der Waals surface area contributed by atoms with E-state index in [0.29, 0.717) is 11.5 Å². The molecule has 1 aromatic heterocycles. The molecule has 2 bridgehead atoms. The molecular formula is C19H29N5O. The number of piperazine rings is 1. The molecule has 3 aliphatic rings. The fourth-order valence-corrected chi connectivity index (χ4v) is 5.23. The van der Waals surface area contributed by atoms with E-state index >= 15 is 0 Å². The lowest BCUT2D eigenvalue weighted by molar-refractivity contribution is 0.117. The maximum Gasteiger partial charge on any atom is 0.317 e. The number of amides is 2. The van der Waals surface area contributed by atoms with E-state index in [9.17, 15) is 4.79 Å². The molecule has 2 heterocycles. The molecule has 0 unspecified atom stereocenters. The van der Waals surface area contributed by atoms with Crippen LogP contribution >= 0.6 is 0 Å². The molecule has 2 saturated carbocycles. The summed E-state index contributed by atoms with van der Waals surface area (Å²) in [7, 11) is 0. The van der Waals surface area contributed by atoms with E-state index in [1.807, 2.05) is 11.0 Å². The van der Waals surface area contributed by atoms with Crippen molar-refractivity contribution in [2.24, 2.45) is 16.7 Å². The number of hydrogen-bond acceptors (Lipinski definition) is 4. The molecule has 4 rings (SSSR count). The highest BCUT2D eigenvalue weighted by Gasteiger charge is 2.61. The number of rotatable bonds is 2. The van der Waals surface area contributed by atoms with Crippen LogP contribution in [0.4, 0.5) is 10.7 Å². The first-order valence-electron chi connectivity index (χ1n) is 9.49. The second-order valence-electron chi connectivity index (χ2n) is 8.64. The highest BCUT2D eigenvalue weighted by molar-refractivity contribution is 5.75. The van der Waals surface area contributed by atoms with Gasteiger partial charge >= 0.3 is 6.03 Å². The first-order valence-corrected chi connectivity index (χ1v) is 9.49. The number of carbonyl (C=O) groups excluding carboxylic acids is 1. The van der Waals surface area contributed by atoms with Crippen molar-refractivity contribution in [1.29, 1.82) is 0 Å². The van der Waals surface area contributed by atoms with Crippen LogP contribution in [0, 0.1) is 16.7 Å². The zero-order valence-electron chi connectivity index (χ0n) is 15.5. The second-order valence-corrected chi connectivity index (χ2v) is 8.64. The van der Waals surface area contributed by atoms with E-state index in [2.05, 4.69) is 41.0 Å². The van der Waals surface area contributed by atoms with E-state index < -0.39 is 0 Å². The van der Waals surface area contributed by atoms with Crippen LogP contribution in [-0.2, 0) is 0 Å². The van der Waals surface area contributed by atoms with Gasteiger partial charge in [0, 0.05) is 44.6 Å². The fraction of sp³-hybridized carbons (Fsp3) is 0.737. The minimum atomic E-state index is 0.100. The van der Waals surface area contributed by atoms with Gasteiger partial charge in [-0.15, -0.1) is 0 Å². The Morgan fingerprint density at radius 2 is 1.84 bits per heavy atom. The molecule has 25 heavy (non-hydrogen) atoms. The van der Waals surface area contributed by atoms with E-state index in [0.717, 1.165) is 44.5 Å². The largest absolute Gasteiger partial charge is 0.337 e. The number of nitrogens with one attached hydrogen (secondary N) is 1. The maximum atomic E-state index is 12.8. The smallest absolute Gasteiger partial charge is 0.317 e. The fourth-order valence-electron chi connectivity index (χ4n) is 5.23. The minimum Gasteiger partial charge on any atom is -0.337 e. The molecule has 1 aromatic rings. The van der Waals surface area contributed by atoms with Crippen LogP contribution in [0.5, 0.6) is 0 Å². The zero-order chi connectivity index (χ0) is 17.7. The number of urea groups is 1. The predicted molar refractivity (Wildman–Crippen MR) is 97.4 cm³/mol. The van der Waals surface area contributed by atoms with Gasteiger partial charge in [-0.05, 0) is 42.1 Å². The van der Waals surface area contributed by atoms with Gasteiger partial charge in [-0.25, -0.2) is 14.8 Å². The Hall–Kier alpha value is -1.85. The van der Waals surface area contributed by atoms with Gasteiger partial charge in [0.2, 0.25) is 5.95 Å². The molecule has 1 N–H and O–H groups in total. The van der Waals surface area contributed by atoms with Crippen LogP contribution in [0.2, 0.25) is 0 Å². The number of fused-ring (bicyclic) bond motifs is 2. The van der Waals surface area contributed by atoms with Gasteiger partial charge < -0.3 is 15.1 Å². The van der Waals surface area contributed by atoms with Crippen molar-refractivity contribution < 1.29 is 4.79 Å². The normalized spacial score (nSPS) is 33.6. The van der Waals surface area contributed by atoms with Crippen molar-refractivity contribution in [3.8, 4) is 0 Å². The van der Waals surface area contributed by atoms with Crippen molar-refractivity contribution in [3.63, 3.8) is 0 Å². The molecule has 3 fully saturated rings. The SMILES string of the molecule is CC1(C)[C@H]2CC[C@]1(C)[C@@H](NC(=O)N1CCN(c3ncccn3)CC1)C2. The molecule has 1 saturated heterocycles. The van der Waals surface area contributed by atoms with Gasteiger partial charge in [-0.1, -0.05) is 20.8 Å². The summed E-state index contributed by atoms with van der Waals surface area (Å²) >= 11 is 0. The summed E-state index contributed by atoms with van der Waals surface area (Å²) in [5.41, 5.74) is 0.557. The van der Waals surface area contributed by atoms with E-state index in [4.69, 9.17) is 0 Å². The summed E-state index contributed by atoms with van der Waals surface area (Å²) in [5.74, 6) is 1.50. The summed E-state index contributed by atoms with van der Waals surface area (Å²) in [4.78, 5) is 25.5. The zero-order valence-corrected chi connectivity index (χ0v) is 15.5. The van der Waals surface area contributed by atoms with Crippen molar-refractivity contribution in [1.82, 2.24) is 20.2 Å². The Bertz CT molecular complexity index is 640. The first kappa shape index (κ1) is 16.6. The van der Waals surface area contributed by atoms with E-state index in [1.165, 1.54) is 12.8 Å². The molecule has 0 aromatic carbocycles. The summed E-state index contributed by atoms with van der Waals surface area (Å²) in [6, 6.07) is 2.23. The predicted octanol–water partition coefficient (Wildman–Crippen LogP) is 2.52. The van der Waals surface area contributed by atoms with Gasteiger partial charge in [-0.2, -0.15) is 0 Å². The topological polar surface area (TPSA) is 61.4 Å². The van der Waals surface area contributed by atoms with Crippen LogP contribution < -0.4 is 10.2 Å². The lowest BCUT2D eigenvalue weighted by atomic mass is 9.69. The molecule has 6 nitrogen and oxygen atoms in total. The van der Waals surface area contributed by atoms with E-state index in [1.54, 1.807) is 12.4 Å². The number of hydrogen-bond donors (Lipinski definition) is 1. The van der Waals surface area contributed by atoms with Crippen LogP contribution in [-0.4, -0.2) is 53.1 Å². The summed E-state index contributed by atoms with van der Waals surface area (Å²) in [5, 5.41) is 3.37. The standard InChI is InChI=1S/C19H29N5O/c1-18(2)14-5-6-19(18,3)15(13-14)22-17(25)24-11-9-23(10-12-24)16-20-7-4-8-21-16/h4,7-8,14-15H,5-6,9-13H2,1-3H3,(H,22,25)/t14-,15-,19+/m0/s1. The van der Waals surface area contributed by atoms with Crippen molar-refractivity contribution in [2.75, 3.05) is 31.1 Å². The number of nitrogens with zero attached hydrogens (tertiary/aromatic N) is 4. The van der Waals surface area contributed by atoms with Crippen LogP contribution in [0.15, 0.2) is 18.5 Å². The minimum absolute atomic E-state index is 0.100. The average Bonchev–Trinajstić information content (AvgIpc) is 2.96. The number of aromatic nitrogens is 2. The molecule has 2 aliphatic carbocycles. The Morgan fingerprint density at radius 1 is 1.16 bits per heavy atom. The van der Waals surface area contributed by atoms with Crippen molar-refractivity contribution in [2.45, 2.75) is 46.1 Å². The summed E-state index contributed by atoms with van der Waals surface area (Å²) in [6.07, 6.45) is 7.20. The van der Waals surface area contributed by atoms with Crippen molar-refractivity contribution >= 4 is 12.0 Å². The van der Waals surface area contributed by atoms with Crippen molar-refractivity contribution in [3.05, 3.63) is 18.5 Å².